The van der Waals surface area contributed by atoms with Crippen molar-refractivity contribution >= 4 is 12.1 Å². The van der Waals surface area contributed by atoms with Crippen molar-refractivity contribution in [3.05, 3.63) is 12.7 Å². The molecule has 0 spiro atoms. The fraction of sp³-hybridized carbons (Fsp3) is 0.810. The molecule has 1 aliphatic heterocycles. The summed E-state index contributed by atoms with van der Waals surface area (Å²) >= 11 is 0. The molecule has 0 aromatic rings. The Kier molecular flexibility index (Phi) is 12.7. The van der Waals surface area contributed by atoms with Gasteiger partial charge in [-0.05, 0) is 38.5 Å². The van der Waals surface area contributed by atoms with Crippen LogP contribution in [0.1, 0.15) is 84.0 Å². The van der Waals surface area contributed by atoms with E-state index in [9.17, 15) is 9.59 Å². The number of unbranched alkanes of at least 4 members (excludes halogenated alkanes) is 8. The number of ether oxygens (including phenoxy) is 2. The highest BCUT2D eigenvalue weighted by molar-refractivity contribution is 5.82. The van der Waals surface area contributed by atoms with Crippen LogP contribution >= 0.6 is 0 Å². The maximum absolute atomic E-state index is 12.2. The Bertz CT molecular complexity index is 411. The van der Waals surface area contributed by atoms with Crippen molar-refractivity contribution in [2.75, 3.05) is 19.8 Å². The first kappa shape index (κ1) is 22.5. The van der Waals surface area contributed by atoms with E-state index in [1.807, 2.05) is 13.0 Å². The zero-order chi connectivity index (χ0) is 19.0. The van der Waals surface area contributed by atoms with Crippen molar-refractivity contribution < 1.29 is 19.1 Å². The van der Waals surface area contributed by atoms with Crippen molar-refractivity contribution in [1.29, 1.82) is 0 Å². The van der Waals surface area contributed by atoms with Crippen LogP contribution in [0.3, 0.4) is 0 Å². The summed E-state index contributed by atoms with van der Waals surface area (Å²) in [6, 6.07) is -0.464. The molecule has 1 amide bonds. The van der Waals surface area contributed by atoms with Crippen LogP contribution in [0.2, 0.25) is 0 Å². The van der Waals surface area contributed by atoms with Gasteiger partial charge < -0.3 is 9.47 Å². The van der Waals surface area contributed by atoms with Gasteiger partial charge in [0.05, 0.1) is 13.2 Å². The lowest BCUT2D eigenvalue weighted by molar-refractivity contribution is -0.148. The number of likely N-dealkylation sites (tertiary alicyclic amines) is 1. The number of rotatable bonds is 14. The van der Waals surface area contributed by atoms with Crippen LogP contribution in [0.15, 0.2) is 12.7 Å². The van der Waals surface area contributed by atoms with Crippen LogP contribution in [0.4, 0.5) is 4.79 Å². The van der Waals surface area contributed by atoms with Crippen LogP contribution < -0.4 is 0 Å². The first-order valence-corrected chi connectivity index (χ1v) is 10.4. The zero-order valence-electron chi connectivity index (χ0n) is 16.5. The summed E-state index contributed by atoms with van der Waals surface area (Å²) < 4.78 is 10.6. The molecule has 0 N–H and O–H groups in total. The van der Waals surface area contributed by atoms with E-state index in [2.05, 4.69) is 6.58 Å². The predicted octanol–water partition coefficient (Wildman–Crippen LogP) is 5.24. The minimum Gasteiger partial charge on any atom is -0.464 e. The Labute approximate surface area is 159 Å². The second-order valence-corrected chi connectivity index (χ2v) is 7.04. The quantitative estimate of drug-likeness (QED) is 0.239. The van der Waals surface area contributed by atoms with Crippen molar-refractivity contribution in [3.8, 4) is 0 Å². The van der Waals surface area contributed by atoms with Gasteiger partial charge >= 0.3 is 12.1 Å². The highest BCUT2D eigenvalue weighted by atomic mass is 16.6. The van der Waals surface area contributed by atoms with Gasteiger partial charge in [0.1, 0.15) is 6.04 Å². The van der Waals surface area contributed by atoms with Gasteiger partial charge in [0, 0.05) is 6.54 Å². The van der Waals surface area contributed by atoms with Gasteiger partial charge in [0.2, 0.25) is 0 Å². The number of hydrogen-bond acceptors (Lipinski definition) is 4. The monoisotopic (exact) mass is 367 g/mol. The summed E-state index contributed by atoms with van der Waals surface area (Å²) in [5, 5.41) is 0. The van der Waals surface area contributed by atoms with Gasteiger partial charge in [-0.3, -0.25) is 4.90 Å². The van der Waals surface area contributed by atoms with Crippen LogP contribution in [0, 0.1) is 0 Å². The number of carbonyl (C=O) groups is 2. The second kappa shape index (κ2) is 14.6. The molecule has 5 nitrogen and oxygen atoms in total. The van der Waals surface area contributed by atoms with Crippen molar-refractivity contribution in [1.82, 2.24) is 4.90 Å². The maximum atomic E-state index is 12.2. The number of amides is 1. The highest BCUT2D eigenvalue weighted by Crippen LogP contribution is 2.20. The van der Waals surface area contributed by atoms with Gasteiger partial charge in [-0.1, -0.05) is 51.5 Å². The Hall–Kier alpha value is -1.52. The third-order valence-electron chi connectivity index (χ3n) is 4.78. The van der Waals surface area contributed by atoms with Crippen LogP contribution in [-0.4, -0.2) is 42.8 Å². The fourth-order valence-electron chi connectivity index (χ4n) is 3.16. The third-order valence-corrected chi connectivity index (χ3v) is 4.78. The summed E-state index contributed by atoms with van der Waals surface area (Å²) in [7, 11) is 0. The zero-order valence-corrected chi connectivity index (χ0v) is 16.5. The van der Waals surface area contributed by atoms with E-state index in [0.29, 0.717) is 26.2 Å². The summed E-state index contributed by atoms with van der Waals surface area (Å²) in [6.07, 6.45) is 14.2. The average Bonchev–Trinajstić information content (AvgIpc) is 3.13. The molecule has 5 heteroatoms. The van der Waals surface area contributed by atoms with E-state index in [4.69, 9.17) is 9.47 Å². The van der Waals surface area contributed by atoms with Gasteiger partial charge in [-0.15, -0.1) is 6.58 Å². The molecule has 0 unspecified atom stereocenters. The van der Waals surface area contributed by atoms with Crippen molar-refractivity contribution in [2.24, 2.45) is 0 Å². The lowest BCUT2D eigenvalue weighted by atomic mass is 10.1. The molecular weight excluding hydrogens is 330 g/mol. The number of hydrogen-bond donors (Lipinski definition) is 0. The number of esters is 1. The number of nitrogens with zero attached hydrogens (tertiary/aromatic N) is 1. The fourth-order valence-corrected chi connectivity index (χ4v) is 3.16. The molecule has 26 heavy (non-hydrogen) atoms. The predicted molar refractivity (Wildman–Crippen MR) is 104 cm³/mol. The largest absolute Gasteiger partial charge is 0.464 e. The van der Waals surface area contributed by atoms with Gasteiger partial charge in [0.15, 0.2) is 0 Å². The van der Waals surface area contributed by atoms with E-state index in [0.717, 1.165) is 38.5 Å². The molecule has 0 aliphatic carbocycles. The Morgan fingerprint density at radius 2 is 1.65 bits per heavy atom. The van der Waals surface area contributed by atoms with E-state index in [1.165, 1.54) is 37.0 Å². The molecular formula is C21H37NO4. The summed E-state index contributed by atoms with van der Waals surface area (Å²) in [4.78, 5) is 25.8. The van der Waals surface area contributed by atoms with Crippen molar-refractivity contribution in [3.63, 3.8) is 0 Å². The Morgan fingerprint density at radius 1 is 1.00 bits per heavy atom. The smallest absolute Gasteiger partial charge is 0.410 e. The lowest BCUT2D eigenvalue weighted by Gasteiger charge is -2.22. The maximum Gasteiger partial charge on any atom is 0.410 e. The molecule has 0 aromatic carbocycles. The van der Waals surface area contributed by atoms with Crippen LogP contribution in [0.25, 0.3) is 0 Å². The summed E-state index contributed by atoms with van der Waals surface area (Å²) in [6.45, 7) is 7.23. The molecule has 1 atom stereocenters. The first-order chi connectivity index (χ1) is 12.7. The van der Waals surface area contributed by atoms with Gasteiger partial charge in [0.25, 0.3) is 0 Å². The van der Waals surface area contributed by atoms with E-state index in [-0.39, 0.29) is 12.1 Å². The van der Waals surface area contributed by atoms with E-state index >= 15 is 0 Å². The second-order valence-electron chi connectivity index (χ2n) is 7.04. The van der Waals surface area contributed by atoms with Crippen molar-refractivity contribution in [2.45, 2.75) is 90.0 Å². The molecule has 0 saturated carbocycles. The number of carbonyl (C=O) groups excluding carboxylic acids is 2. The molecule has 1 rings (SSSR count). The molecule has 1 heterocycles. The molecule has 0 bridgehead atoms. The first-order valence-electron chi connectivity index (χ1n) is 10.4. The molecule has 150 valence electrons. The minimum absolute atomic E-state index is 0.278. The average molecular weight is 368 g/mol. The standard InChI is InChI=1S/C21H37NO4/c1-3-5-7-8-9-10-11-12-13-18-25-20(23)19-15-14-16-22(19)21(24)26-17-6-4-2/h3,19H,1,4-18H2,2H3/t19-/m0/s1. The SMILES string of the molecule is C=CCCCCCCCCCOC(=O)[C@@H]1CCCN1C(=O)OCCCC. The minimum atomic E-state index is -0.464. The topological polar surface area (TPSA) is 55.8 Å². The third kappa shape index (κ3) is 9.25. The summed E-state index contributed by atoms with van der Waals surface area (Å²) in [5.41, 5.74) is 0. The molecule has 0 radical (unpaired) electrons. The number of allylic oxidation sites excluding steroid dienone is 1. The molecule has 0 aromatic heterocycles. The molecule has 1 aliphatic rings. The van der Waals surface area contributed by atoms with Crippen LogP contribution in [0.5, 0.6) is 0 Å². The van der Waals surface area contributed by atoms with Gasteiger partial charge in [-0.25, -0.2) is 9.59 Å². The lowest BCUT2D eigenvalue weighted by Crippen LogP contribution is -2.41. The Balaban J connectivity index is 2.10. The molecule has 1 saturated heterocycles. The van der Waals surface area contributed by atoms with Crippen LogP contribution in [-0.2, 0) is 14.3 Å². The van der Waals surface area contributed by atoms with Gasteiger partial charge in [-0.2, -0.15) is 0 Å². The molecule has 1 fully saturated rings. The van der Waals surface area contributed by atoms with E-state index in [1.54, 1.807) is 0 Å². The summed E-state index contributed by atoms with van der Waals surface area (Å²) in [5.74, 6) is -0.278. The Morgan fingerprint density at radius 3 is 2.35 bits per heavy atom. The normalized spacial score (nSPS) is 16.5. The van der Waals surface area contributed by atoms with E-state index < -0.39 is 6.04 Å². The highest BCUT2D eigenvalue weighted by Gasteiger charge is 2.36.